The quantitative estimate of drug-likeness (QED) is 0.399. The maximum Gasteiger partial charge on any atom is 0.320 e. The van der Waals surface area contributed by atoms with Gasteiger partial charge in [0.15, 0.2) is 5.78 Å². The molecule has 2 atom stereocenters. The van der Waals surface area contributed by atoms with Gasteiger partial charge < -0.3 is 4.74 Å². The van der Waals surface area contributed by atoms with Crippen LogP contribution < -0.4 is 0 Å². The lowest BCUT2D eigenvalue weighted by molar-refractivity contribution is -0.167. The third-order valence-corrected chi connectivity index (χ3v) is 4.33. The lowest BCUT2D eigenvalue weighted by atomic mass is 9.58. The van der Waals surface area contributed by atoms with Crippen molar-refractivity contribution in [2.75, 3.05) is 7.11 Å². The summed E-state index contributed by atoms with van der Waals surface area (Å²) in [4.78, 5) is 24.8. The van der Waals surface area contributed by atoms with Crippen molar-refractivity contribution in [3.05, 3.63) is 11.6 Å². The lowest BCUT2D eigenvalue weighted by Crippen LogP contribution is -2.53. The molecule has 0 aliphatic heterocycles. The minimum atomic E-state index is -0.930. The van der Waals surface area contributed by atoms with Crippen LogP contribution in [0.3, 0.4) is 0 Å². The third-order valence-electron chi connectivity index (χ3n) is 4.33. The predicted octanol–water partition coefficient (Wildman–Crippen LogP) is 2.50. The smallest absolute Gasteiger partial charge is 0.320 e. The summed E-state index contributed by atoms with van der Waals surface area (Å²) in [5, 5.41) is 0. The molecule has 0 aromatic carbocycles. The van der Waals surface area contributed by atoms with Crippen LogP contribution in [0.1, 0.15) is 40.0 Å². The molecule has 1 fully saturated rings. The molecule has 0 unspecified atom stereocenters. The number of Topliss-reactive ketones (excluding diaryl/α,β-unsaturated/α-hetero) is 1. The molecule has 2 rings (SSSR count). The van der Waals surface area contributed by atoms with Gasteiger partial charge in [-0.05, 0) is 26.2 Å². The third kappa shape index (κ3) is 1.55. The molecule has 2 aliphatic rings. The maximum atomic E-state index is 12.7. The van der Waals surface area contributed by atoms with Gasteiger partial charge in [0.05, 0.1) is 7.11 Å². The molecule has 0 amide bonds. The van der Waals surface area contributed by atoms with E-state index in [1.807, 2.05) is 20.8 Å². The molecule has 3 nitrogen and oxygen atoms in total. The number of allylic oxidation sites excluding steroid dienone is 2. The largest absolute Gasteiger partial charge is 0.468 e. The molecular formula is C14H20O3. The van der Waals surface area contributed by atoms with E-state index in [1.165, 1.54) is 7.11 Å². The molecule has 2 aliphatic carbocycles. The van der Waals surface area contributed by atoms with E-state index >= 15 is 0 Å². The lowest BCUT2D eigenvalue weighted by Gasteiger charge is -2.43. The Balaban J connectivity index is 2.48. The van der Waals surface area contributed by atoms with Crippen molar-refractivity contribution < 1.29 is 14.3 Å². The molecular weight excluding hydrogens is 216 g/mol. The Bertz CT molecular complexity index is 406. The average Bonchev–Trinajstić information content (AvgIpc) is 2.62. The summed E-state index contributed by atoms with van der Waals surface area (Å²) in [5.41, 5.74) is -0.213. The number of hydrogen-bond acceptors (Lipinski definition) is 3. The van der Waals surface area contributed by atoms with Crippen LogP contribution in [-0.4, -0.2) is 18.9 Å². The van der Waals surface area contributed by atoms with Crippen LogP contribution in [0.2, 0.25) is 0 Å². The zero-order chi connectivity index (χ0) is 12.8. The fourth-order valence-corrected chi connectivity index (χ4v) is 3.43. The minimum absolute atomic E-state index is 0.0375. The summed E-state index contributed by atoms with van der Waals surface area (Å²) in [6.45, 7) is 5.86. The number of fused-ring (bicyclic) bond motifs is 1. The first kappa shape index (κ1) is 12.3. The Morgan fingerprint density at radius 2 is 2.12 bits per heavy atom. The van der Waals surface area contributed by atoms with Crippen LogP contribution >= 0.6 is 0 Å². The van der Waals surface area contributed by atoms with Crippen LogP contribution in [0.5, 0.6) is 0 Å². The first-order valence-corrected chi connectivity index (χ1v) is 6.15. The second-order valence-corrected chi connectivity index (χ2v) is 6.01. The zero-order valence-corrected chi connectivity index (χ0v) is 11.0. The molecule has 17 heavy (non-hydrogen) atoms. The fourth-order valence-electron chi connectivity index (χ4n) is 3.43. The van der Waals surface area contributed by atoms with E-state index in [0.29, 0.717) is 6.42 Å². The van der Waals surface area contributed by atoms with Crippen molar-refractivity contribution in [1.29, 1.82) is 0 Å². The van der Waals surface area contributed by atoms with Crippen LogP contribution in [0, 0.1) is 16.7 Å². The topological polar surface area (TPSA) is 43.4 Å². The molecule has 0 aromatic rings. The number of rotatable bonds is 1. The van der Waals surface area contributed by atoms with E-state index in [9.17, 15) is 9.59 Å². The maximum absolute atomic E-state index is 12.7. The summed E-state index contributed by atoms with van der Waals surface area (Å²) in [7, 11) is 1.37. The van der Waals surface area contributed by atoms with Gasteiger partial charge in [-0.3, -0.25) is 9.59 Å². The Morgan fingerprint density at radius 3 is 2.71 bits per heavy atom. The van der Waals surface area contributed by atoms with E-state index in [2.05, 4.69) is 6.08 Å². The first-order chi connectivity index (χ1) is 7.84. The second-order valence-electron chi connectivity index (χ2n) is 6.01. The Hall–Kier alpha value is -1.12. The van der Waals surface area contributed by atoms with Crippen molar-refractivity contribution in [1.82, 2.24) is 0 Å². The van der Waals surface area contributed by atoms with E-state index in [1.54, 1.807) is 0 Å². The van der Waals surface area contributed by atoms with Crippen molar-refractivity contribution in [3.63, 3.8) is 0 Å². The van der Waals surface area contributed by atoms with Crippen LogP contribution in [0.4, 0.5) is 0 Å². The molecule has 0 N–H and O–H groups in total. The van der Waals surface area contributed by atoms with E-state index < -0.39 is 10.8 Å². The monoisotopic (exact) mass is 236 g/mol. The van der Waals surface area contributed by atoms with Gasteiger partial charge >= 0.3 is 5.97 Å². The number of ketones is 1. The molecule has 0 heterocycles. The highest BCUT2D eigenvalue weighted by Crippen LogP contribution is 2.54. The number of esters is 1. The van der Waals surface area contributed by atoms with E-state index in [4.69, 9.17) is 4.74 Å². The van der Waals surface area contributed by atoms with Crippen molar-refractivity contribution in [2.24, 2.45) is 16.7 Å². The average molecular weight is 236 g/mol. The molecule has 1 saturated carbocycles. The molecule has 0 aromatic heterocycles. The van der Waals surface area contributed by atoms with E-state index in [0.717, 1.165) is 18.4 Å². The minimum Gasteiger partial charge on any atom is -0.468 e. The van der Waals surface area contributed by atoms with Crippen LogP contribution in [-0.2, 0) is 14.3 Å². The molecule has 94 valence electrons. The molecule has 0 radical (unpaired) electrons. The number of ether oxygens (including phenoxy) is 1. The molecule has 0 spiro atoms. The van der Waals surface area contributed by atoms with Gasteiger partial charge in [0, 0.05) is 11.3 Å². The molecule has 3 heteroatoms. The van der Waals surface area contributed by atoms with Crippen molar-refractivity contribution in [3.8, 4) is 0 Å². The second kappa shape index (κ2) is 3.69. The predicted molar refractivity (Wildman–Crippen MR) is 64.3 cm³/mol. The van der Waals surface area contributed by atoms with Gasteiger partial charge in [-0.15, -0.1) is 0 Å². The highest BCUT2D eigenvalue weighted by atomic mass is 16.5. The fraction of sp³-hybridized carbons (Fsp3) is 0.714. The van der Waals surface area contributed by atoms with Crippen molar-refractivity contribution in [2.45, 2.75) is 40.0 Å². The van der Waals surface area contributed by atoms with Gasteiger partial charge in [0.2, 0.25) is 0 Å². The Labute approximate surface area is 102 Å². The molecule has 0 bridgehead atoms. The summed E-state index contributed by atoms with van der Waals surface area (Å²) >= 11 is 0. The van der Waals surface area contributed by atoms with Crippen LogP contribution in [0.15, 0.2) is 11.6 Å². The van der Waals surface area contributed by atoms with Gasteiger partial charge in [0.1, 0.15) is 5.41 Å². The Kier molecular flexibility index (Phi) is 2.68. The van der Waals surface area contributed by atoms with Gasteiger partial charge in [-0.1, -0.05) is 25.5 Å². The van der Waals surface area contributed by atoms with Gasteiger partial charge in [0.25, 0.3) is 0 Å². The van der Waals surface area contributed by atoms with Gasteiger partial charge in [-0.2, -0.15) is 0 Å². The zero-order valence-electron chi connectivity index (χ0n) is 11.0. The first-order valence-electron chi connectivity index (χ1n) is 6.15. The summed E-state index contributed by atoms with van der Waals surface area (Å²) < 4.78 is 4.91. The molecule has 0 saturated heterocycles. The summed E-state index contributed by atoms with van der Waals surface area (Å²) in [6, 6.07) is 0. The normalized spacial score (nSPS) is 35.2. The Morgan fingerprint density at radius 1 is 1.47 bits per heavy atom. The van der Waals surface area contributed by atoms with E-state index in [-0.39, 0.29) is 17.7 Å². The number of hydrogen-bond donors (Lipinski definition) is 0. The summed E-state index contributed by atoms with van der Waals surface area (Å²) in [6.07, 6.45) is 4.36. The highest BCUT2D eigenvalue weighted by Gasteiger charge is 2.60. The van der Waals surface area contributed by atoms with Crippen molar-refractivity contribution >= 4 is 11.8 Å². The summed E-state index contributed by atoms with van der Waals surface area (Å²) in [5.74, 6) is -0.259. The van der Waals surface area contributed by atoms with Crippen LogP contribution in [0.25, 0.3) is 0 Å². The number of carbonyl (C=O) groups excluding carboxylic acids is 2. The standard InChI is InChI=1S/C14H20O3/c1-9-7-10-5-6-13(2,3)11(15)14(10,8-9)12(16)17-4/h7,10H,5-6,8H2,1-4H3/t10-,14-/m0/s1. The highest BCUT2D eigenvalue weighted by molar-refractivity contribution is 6.08. The van der Waals surface area contributed by atoms with Gasteiger partial charge in [-0.25, -0.2) is 0 Å². The number of carbonyl (C=O) groups is 2. The number of methoxy groups -OCH3 is 1. The SMILES string of the molecule is COC(=O)[C@@]12CC(C)=C[C@@H]1CCC(C)(C)C2=O.